The maximum absolute atomic E-state index is 13.5. The lowest BCUT2D eigenvalue weighted by Crippen LogP contribution is -2.27. The average Bonchev–Trinajstić information content (AvgIpc) is 2.72. The smallest absolute Gasteiger partial charge is 0.257 e. The molecule has 1 N–H and O–H groups in total. The summed E-state index contributed by atoms with van der Waals surface area (Å²) in [6, 6.07) is 6.66. The molecule has 1 aromatic heterocycles. The van der Waals surface area contributed by atoms with Gasteiger partial charge >= 0.3 is 0 Å². The van der Waals surface area contributed by atoms with Crippen molar-refractivity contribution in [3.05, 3.63) is 51.9 Å². The number of ether oxygens (including phenoxy) is 4. The fourth-order valence-electron chi connectivity index (χ4n) is 3.88. The number of benzene rings is 2. The zero-order valence-electron chi connectivity index (χ0n) is 16.9. The van der Waals surface area contributed by atoms with E-state index in [4.69, 9.17) is 23.4 Å². The van der Waals surface area contributed by atoms with Crippen LogP contribution in [0.1, 0.15) is 31.5 Å². The molecule has 7 nitrogen and oxygen atoms in total. The summed E-state index contributed by atoms with van der Waals surface area (Å²) >= 11 is 0. The van der Waals surface area contributed by atoms with Crippen molar-refractivity contribution >= 4 is 17.0 Å². The zero-order chi connectivity index (χ0) is 21.2. The van der Waals surface area contributed by atoms with Crippen molar-refractivity contribution < 1.29 is 28.5 Å². The van der Waals surface area contributed by atoms with Crippen molar-refractivity contribution in [2.24, 2.45) is 0 Å². The highest BCUT2D eigenvalue weighted by Gasteiger charge is 2.33. The zero-order valence-corrected chi connectivity index (χ0v) is 16.9. The lowest BCUT2D eigenvalue weighted by molar-refractivity contribution is -0.0377. The Labute approximate surface area is 172 Å². The fraction of sp³-hybridized carbons (Fsp3) is 0.261. The molecule has 0 saturated heterocycles. The number of aliphatic hydroxyl groups is 1. The first-order chi connectivity index (χ1) is 14.3. The summed E-state index contributed by atoms with van der Waals surface area (Å²) in [6.45, 7) is 3.88. The normalized spacial score (nSPS) is 18.0. The van der Waals surface area contributed by atoms with Gasteiger partial charge in [0.2, 0.25) is 5.43 Å². The van der Waals surface area contributed by atoms with Crippen LogP contribution < -0.4 is 24.4 Å². The van der Waals surface area contributed by atoms with E-state index in [1.807, 2.05) is 26.0 Å². The number of hydrogen-bond donors (Lipinski definition) is 1. The average molecular weight is 408 g/mol. The third-order valence-corrected chi connectivity index (χ3v) is 5.33. The quantitative estimate of drug-likeness (QED) is 0.685. The third kappa shape index (κ3) is 2.59. The van der Waals surface area contributed by atoms with E-state index in [9.17, 15) is 9.90 Å². The molecule has 1 atom stereocenters. The highest BCUT2D eigenvalue weighted by molar-refractivity contribution is 5.93. The van der Waals surface area contributed by atoms with Crippen LogP contribution in [0.5, 0.6) is 23.0 Å². The number of rotatable bonds is 2. The first-order valence-electron chi connectivity index (χ1n) is 9.46. The molecule has 0 fully saturated rings. The number of aliphatic hydroxyl groups excluding tert-OH is 1. The van der Waals surface area contributed by atoms with E-state index < -0.39 is 11.9 Å². The second-order valence-electron chi connectivity index (χ2n) is 7.74. The maximum atomic E-state index is 13.5. The van der Waals surface area contributed by atoms with Gasteiger partial charge in [0.25, 0.3) is 6.29 Å². The van der Waals surface area contributed by atoms with Gasteiger partial charge < -0.3 is 28.5 Å². The fourth-order valence-corrected chi connectivity index (χ4v) is 3.88. The van der Waals surface area contributed by atoms with E-state index in [1.165, 1.54) is 14.2 Å². The highest BCUT2D eigenvalue weighted by atomic mass is 16.6. The molecule has 0 saturated carbocycles. The van der Waals surface area contributed by atoms with E-state index in [0.29, 0.717) is 45.1 Å². The van der Waals surface area contributed by atoms with E-state index in [-0.39, 0.29) is 16.8 Å². The van der Waals surface area contributed by atoms with Gasteiger partial charge in [0.15, 0.2) is 17.3 Å². The van der Waals surface area contributed by atoms with Crippen molar-refractivity contribution in [1.29, 1.82) is 0 Å². The number of fused-ring (bicyclic) bond motifs is 6. The Balaban J connectivity index is 1.81. The van der Waals surface area contributed by atoms with Crippen LogP contribution in [0.25, 0.3) is 28.2 Å². The Kier molecular flexibility index (Phi) is 3.88. The molecule has 0 bridgehead atoms. The van der Waals surface area contributed by atoms with Gasteiger partial charge in [-0.25, -0.2) is 0 Å². The lowest BCUT2D eigenvalue weighted by atomic mass is 9.96. The lowest BCUT2D eigenvalue weighted by Gasteiger charge is -2.29. The molecule has 2 aliphatic rings. The molecule has 3 aromatic rings. The molecule has 7 heteroatoms. The van der Waals surface area contributed by atoms with Crippen molar-refractivity contribution in [3.63, 3.8) is 0 Å². The van der Waals surface area contributed by atoms with Crippen LogP contribution in [0.15, 0.2) is 39.6 Å². The molecule has 0 spiro atoms. The Morgan fingerprint density at radius 1 is 1.07 bits per heavy atom. The van der Waals surface area contributed by atoms with Gasteiger partial charge in [-0.2, -0.15) is 0 Å². The van der Waals surface area contributed by atoms with Gasteiger partial charge in [0.1, 0.15) is 22.7 Å². The molecule has 0 radical (unpaired) electrons. The topological polar surface area (TPSA) is 87.4 Å². The number of hydrogen-bond acceptors (Lipinski definition) is 7. The Morgan fingerprint density at radius 2 is 1.80 bits per heavy atom. The van der Waals surface area contributed by atoms with Crippen LogP contribution in [0.2, 0.25) is 0 Å². The van der Waals surface area contributed by atoms with Gasteiger partial charge in [-0.05, 0) is 44.2 Å². The summed E-state index contributed by atoms with van der Waals surface area (Å²) in [6.07, 6.45) is 2.32. The van der Waals surface area contributed by atoms with E-state index in [1.54, 1.807) is 24.3 Å². The van der Waals surface area contributed by atoms with Crippen molar-refractivity contribution in [3.8, 4) is 34.1 Å². The summed E-state index contributed by atoms with van der Waals surface area (Å²) in [4.78, 5) is 13.5. The molecular formula is C23H20O7. The SMILES string of the molecule is COc1cc2c(cc1OC)-c1c(oc3c4c(ccc3c1=O)OC(C)(C)C=C4)C(O)O2. The molecular weight excluding hydrogens is 388 g/mol. The number of methoxy groups -OCH3 is 2. The molecule has 2 aromatic carbocycles. The summed E-state index contributed by atoms with van der Waals surface area (Å²) in [7, 11) is 3.01. The maximum Gasteiger partial charge on any atom is 0.257 e. The summed E-state index contributed by atoms with van der Waals surface area (Å²) in [5.41, 5.74) is 0.953. The van der Waals surface area contributed by atoms with Crippen molar-refractivity contribution in [2.45, 2.75) is 25.7 Å². The monoisotopic (exact) mass is 408 g/mol. The van der Waals surface area contributed by atoms with Crippen LogP contribution in [-0.4, -0.2) is 24.9 Å². The standard InChI is InChI=1S/C23H20O7/c1-23(2)8-7-11-14(30-23)6-5-12-19(24)18-13-9-16(26-3)17(27-4)10-15(13)28-22(25)21(18)29-20(11)12/h5-10,22,25H,1-4H3. The van der Waals surface area contributed by atoms with Gasteiger partial charge in [0, 0.05) is 11.6 Å². The minimum Gasteiger partial charge on any atom is -0.493 e. The van der Waals surface area contributed by atoms with E-state index >= 15 is 0 Å². The highest BCUT2D eigenvalue weighted by Crippen LogP contribution is 2.47. The van der Waals surface area contributed by atoms with E-state index in [2.05, 4.69) is 0 Å². The van der Waals surface area contributed by atoms with Gasteiger partial charge in [-0.3, -0.25) is 4.79 Å². The minimum atomic E-state index is -1.44. The van der Waals surface area contributed by atoms with Crippen LogP contribution in [-0.2, 0) is 0 Å². The predicted octanol–water partition coefficient (Wildman–Crippen LogP) is 4.04. The molecule has 3 heterocycles. The van der Waals surface area contributed by atoms with Gasteiger partial charge in [0.05, 0.1) is 30.7 Å². The Bertz CT molecular complexity index is 1280. The molecule has 2 aliphatic heterocycles. The molecule has 30 heavy (non-hydrogen) atoms. The molecule has 0 aliphatic carbocycles. The third-order valence-electron chi connectivity index (χ3n) is 5.33. The van der Waals surface area contributed by atoms with Crippen molar-refractivity contribution in [2.75, 3.05) is 14.2 Å². The van der Waals surface area contributed by atoms with Crippen LogP contribution in [0.4, 0.5) is 0 Å². The predicted molar refractivity (Wildman–Crippen MR) is 110 cm³/mol. The first-order valence-corrected chi connectivity index (χ1v) is 9.46. The van der Waals surface area contributed by atoms with E-state index in [0.717, 1.165) is 0 Å². The minimum absolute atomic E-state index is 0.0406. The van der Waals surface area contributed by atoms with Gasteiger partial charge in [-0.15, -0.1) is 0 Å². The second-order valence-corrected chi connectivity index (χ2v) is 7.74. The summed E-state index contributed by atoms with van der Waals surface area (Å²) < 4.78 is 28.3. The molecule has 1 unspecified atom stereocenters. The second kappa shape index (κ2) is 6.27. The Hall–Kier alpha value is -3.45. The summed E-state index contributed by atoms with van der Waals surface area (Å²) in [5.74, 6) is 1.82. The van der Waals surface area contributed by atoms with Crippen molar-refractivity contribution in [1.82, 2.24) is 0 Å². The molecule has 154 valence electrons. The summed E-state index contributed by atoms with van der Waals surface area (Å²) in [5, 5.41) is 11.0. The van der Waals surface area contributed by atoms with Crippen LogP contribution in [0.3, 0.4) is 0 Å². The molecule has 0 amide bonds. The van der Waals surface area contributed by atoms with Crippen LogP contribution in [0, 0.1) is 0 Å². The van der Waals surface area contributed by atoms with Crippen LogP contribution >= 0.6 is 0 Å². The first kappa shape index (κ1) is 18.6. The Morgan fingerprint density at radius 3 is 2.53 bits per heavy atom. The van der Waals surface area contributed by atoms with Gasteiger partial charge in [-0.1, -0.05) is 0 Å². The largest absolute Gasteiger partial charge is 0.493 e. The molecule has 5 rings (SSSR count).